The molecule has 4 N–H and O–H groups in total. The summed E-state index contributed by atoms with van der Waals surface area (Å²) in [7, 11) is 1.52. The fraction of sp³-hybridized carbons (Fsp3) is 0.667. The number of imidazole rings is 1. The molecule has 0 aromatic carbocycles. The van der Waals surface area contributed by atoms with Crippen LogP contribution in [0.1, 0.15) is 32.6 Å². The predicted molar refractivity (Wildman–Crippen MR) is 91.3 cm³/mol. The van der Waals surface area contributed by atoms with Crippen molar-refractivity contribution in [3.8, 4) is 0 Å². The number of H-pyrrole nitrogens is 1. The minimum absolute atomic E-state index is 0.00553. The summed E-state index contributed by atoms with van der Waals surface area (Å²) in [4.78, 5) is 30.5. The zero-order valence-electron chi connectivity index (χ0n) is 14.1. The maximum atomic E-state index is 12.2. The predicted octanol–water partition coefficient (Wildman–Crippen LogP) is -0.231. The van der Waals surface area contributed by atoms with Crippen molar-refractivity contribution < 1.29 is 10.2 Å². The molecule has 24 heavy (non-hydrogen) atoms. The second kappa shape index (κ2) is 8.11. The summed E-state index contributed by atoms with van der Waals surface area (Å²) in [6.45, 7) is 2.38. The Kier molecular flexibility index (Phi) is 6.16. The van der Waals surface area contributed by atoms with E-state index in [1.54, 1.807) is 0 Å². The Hall–Kier alpha value is -2.13. The highest BCUT2D eigenvalue weighted by Gasteiger charge is 2.19. The quantitative estimate of drug-likeness (QED) is 0.468. The molecule has 2 aromatic rings. The third-order valence-electron chi connectivity index (χ3n) is 3.92. The van der Waals surface area contributed by atoms with Crippen LogP contribution in [0.5, 0.6) is 0 Å². The van der Waals surface area contributed by atoms with E-state index in [-0.39, 0.29) is 17.7 Å². The van der Waals surface area contributed by atoms with E-state index in [0.29, 0.717) is 12.5 Å². The Bertz CT molecular complexity index is 791. The average Bonchev–Trinajstić information content (AvgIpc) is 2.91. The summed E-state index contributed by atoms with van der Waals surface area (Å²) in [5.41, 5.74) is -0.676. The fourth-order valence-corrected chi connectivity index (χ4v) is 2.57. The topological polar surface area (TPSA) is 125 Å². The standard InChI is InChI=1S/C15H25N5O4/c1-3-4-5-6-7-16-14-17-12-11(20(14)8-10(22)9-21)13(23)18-15(24)19(12)2/h10,21-22H,3-9H2,1-2H3,(H,16,17)(H,18,23,24)/t10-/m0/s1. The Morgan fingerprint density at radius 1 is 1.29 bits per heavy atom. The second-order valence-electron chi connectivity index (χ2n) is 5.86. The van der Waals surface area contributed by atoms with Crippen molar-refractivity contribution in [2.75, 3.05) is 18.5 Å². The van der Waals surface area contributed by atoms with E-state index < -0.39 is 24.0 Å². The molecule has 0 aliphatic carbocycles. The van der Waals surface area contributed by atoms with Gasteiger partial charge in [-0.25, -0.2) is 4.79 Å². The van der Waals surface area contributed by atoms with Crippen LogP contribution in [0.15, 0.2) is 9.59 Å². The van der Waals surface area contributed by atoms with Crippen molar-refractivity contribution in [3.63, 3.8) is 0 Å². The van der Waals surface area contributed by atoms with Gasteiger partial charge in [-0.15, -0.1) is 0 Å². The molecule has 2 heterocycles. The first kappa shape index (κ1) is 18.2. The van der Waals surface area contributed by atoms with Gasteiger partial charge in [0.05, 0.1) is 19.3 Å². The fourth-order valence-electron chi connectivity index (χ4n) is 2.57. The number of aliphatic hydroxyl groups is 2. The van der Waals surface area contributed by atoms with Gasteiger partial charge in [-0.3, -0.25) is 14.3 Å². The van der Waals surface area contributed by atoms with Crippen molar-refractivity contribution in [1.82, 2.24) is 19.1 Å². The van der Waals surface area contributed by atoms with Gasteiger partial charge in [0.2, 0.25) is 5.95 Å². The highest BCUT2D eigenvalue weighted by Crippen LogP contribution is 2.16. The normalized spacial score (nSPS) is 12.7. The van der Waals surface area contributed by atoms with Gasteiger partial charge in [0, 0.05) is 13.6 Å². The number of aliphatic hydroxyl groups excluding tert-OH is 2. The third-order valence-corrected chi connectivity index (χ3v) is 3.92. The van der Waals surface area contributed by atoms with Gasteiger partial charge in [0.15, 0.2) is 11.2 Å². The number of unbranched alkanes of at least 4 members (excludes halogenated alkanes) is 3. The Morgan fingerprint density at radius 3 is 2.71 bits per heavy atom. The Labute approximate surface area is 139 Å². The molecule has 0 fully saturated rings. The van der Waals surface area contributed by atoms with Gasteiger partial charge >= 0.3 is 5.69 Å². The first-order valence-electron chi connectivity index (χ1n) is 8.21. The van der Waals surface area contributed by atoms with Gasteiger partial charge in [-0.1, -0.05) is 26.2 Å². The highest BCUT2D eigenvalue weighted by atomic mass is 16.3. The van der Waals surface area contributed by atoms with Crippen LogP contribution in [0.2, 0.25) is 0 Å². The van der Waals surface area contributed by atoms with Crippen LogP contribution in [-0.4, -0.2) is 48.6 Å². The van der Waals surface area contributed by atoms with Gasteiger partial charge in [0.25, 0.3) is 5.56 Å². The number of hydrogen-bond acceptors (Lipinski definition) is 6. The molecular weight excluding hydrogens is 314 g/mol. The SMILES string of the molecule is CCCCCCNc1nc2c(c(=O)[nH]c(=O)n2C)n1C[C@H](O)CO. The van der Waals surface area contributed by atoms with E-state index in [0.717, 1.165) is 25.7 Å². The number of anilines is 1. The largest absolute Gasteiger partial charge is 0.394 e. The van der Waals surface area contributed by atoms with Gasteiger partial charge in [-0.2, -0.15) is 4.98 Å². The number of hydrogen-bond donors (Lipinski definition) is 4. The number of aromatic nitrogens is 4. The summed E-state index contributed by atoms with van der Waals surface area (Å²) in [5.74, 6) is 0.403. The van der Waals surface area contributed by atoms with E-state index >= 15 is 0 Å². The molecule has 134 valence electrons. The number of nitrogens with zero attached hydrogens (tertiary/aromatic N) is 3. The Morgan fingerprint density at radius 2 is 2.04 bits per heavy atom. The number of rotatable bonds is 9. The molecule has 0 unspecified atom stereocenters. The molecule has 0 aliphatic heterocycles. The van der Waals surface area contributed by atoms with Gasteiger partial charge in [-0.05, 0) is 6.42 Å². The summed E-state index contributed by atoms with van der Waals surface area (Å²) >= 11 is 0. The van der Waals surface area contributed by atoms with E-state index in [9.17, 15) is 14.7 Å². The van der Waals surface area contributed by atoms with Gasteiger partial charge in [0.1, 0.15) is 0 Å². The van der Waals surface area contributed by atoms with Crippen LogP contribution in [0.4, 0.5) is 5.95 Å². The molecule has 9 heteroatoms. The van der Waals surface area contributed by atoms with Crippen LogP contribution < -0.4 is 16.6 Å². The van der Waals surface area contributed by atoms with Crippen LogP contribution in [-0.2, 0) is 13.6 Å². The molecule has 1 atom stereocenters. The maximum absolute atomic E-state index is 12.2. The van der Waals surface area contributed by atoms with E-state index in [1.165, 1.54) is 16.2 Å². The molecule has 0 aliphatic rings. The Balaban J connectivity index is 2.39. The van der Waals surface area contributed by atoms with Crippen LogP contribution in [0.3, 0.4) is 0 Å². The van der Waals surface area contributed by atoms with E-state index in [1.807, 2.05) is 0 Å². The molecule has 2 rings (SSSR count). The summed E-state index contributed by atoms with van der Waals surface area (Å²) in [5, 5.41) is 22.0. The molecule has 0 amide bonds. The first-order chi connectivity index (χ1) is 11.5. The average molecular weight is 339 g/mol. The molecule has 0 saturated heterocycles. The highest BCUT2D eigenvalue weighted by molar-refractivity contribution is 5.74. The maximum Gasteiger partial charge on any atom is 0.329 e. The van der Waals surface area contributed by atoms with Crippen LogP contribution in [0, 0.1) is 0 Å². The number of fused-ring (bicyclic) bond motifs is 1. The zero-order chi connectivity index (χ0) is 17.7. The van der Waals surface area contributed by atoms with Crippen LogP contribution >= 0.6 is 0 Å². The van der Waals surface area contributed by atoms with Crippen molar-refractivity contribution in [2.24, 2.45) is 7.05 Å². The van der Waals surface area contributed by atoms with E-state index in [2.05, 4.69) is 22.2 Å². The number of nitrogens with one attached hydrogen (secondary N) is 2. The molecule has 2 aromatic heterocycles. The van der Waals surface area contributed by atoms with Crippen molar-refractivity contribution in [3.05, 3.63) is 20.8 Å². The zero-order valence-corrected chi connectivity index (χ0v) is 14.1. The molecule has 0 saturated carbocycles. The minimum atomic E-state index is -1.03. The lowest BCUT2D eigenvalue weighted by Gasteiger charge is -2.13. The van der Waals surface area contributed by atoms with Crippen LogP contribution in [0.25, 0.3) is 11.2 Å². The van der Waals surface area contributed by atoms with Crippen molar-refractivity contribution in [2.45, 2.75) is 45.3 Å². The first-order valence-corrected chi connectivity index (χ1v) is 8.21. The lowest BCUT2D eigenvalue weighted by atomic mass is 10.2. The minimum Gasteiger partial charge on any atom is -0.394 e. The monoisotopic (exact) mass is 339 g/mol. The van der Waals surface area contributed by atoms with E-state index in [4.69, 9.17) is 5.11 Å². The molecular formula is C15H25N5O4. The number of aryl methyl sites for hydroxylation is 1. The molecule has 0 spiro atoms. The second-order valence-corrected chi connectivity index (χ2v) is 5.86. The smallest absolute Gasteiger partial charge is 0.329 e. The summed E-state index contributed by atoms with van der Waals surface area (Å²) < 4.78 is 2.76. The third kappa shape index (κ3) is 3.85. The van der Waals surface area contributed by atoms with Gasteiger partial charge < -0.3 is 20.1 Å². The van der Waals surface area contributed by atoms with Crippen molar-refractivity contribution in [1.29, 1.82) is 0 Å². The number of aromatic amines is 1. The lowest BCUT2D eigenvalue weighted by molar-refractivity contribution is 0.0825. The molecule has 0 radical (unpaired) electrons. The van der Waals surface area contributed by atoms with Crippen molar-refractivity contribution >= 4 is 17.1 Å². The lowest BCUT2D eigenvalue weighted by Crippen LogP contribution is -2.30. The molecule has 0 bridgehead atoms. The molecule has 9 nitrogen and oxygen atoms in total. The summed E-state index contributed by atoms with van der Waals surface area (Å²) in [6, 6.07) is 0. The summed E-state index contributed by atoms with van der Waals surface area (Å²) in [6.07, 6.45) is 3.30.